The Labute approximate surface area is 130 Å². The molecule has 6 heteroatoms. The summed E-state index contributed by atoms with van der Waals surface area (Å²) in [6, 6.07) is 3.92. The summed E-state index contributed by atoms with van der Waals surface area (Å²) in [5.74, 6) is 0.0998. The number of hydrogen-bond acceptors (Lipinski definition) is 5. The summed E-state index contributed by atoms with van der Waals surface area (Å²) in [5, 5.41) is 12.9. The predicted octanol–water partition coefficient (Wildman–Crippen LogP) is 1.57. The molecule has 1 amide bonds. The minimum atomic E-state index is -0.525. The molecule has 1 atom stereocenters. The van der Waals surface area contributed by atoms with Crippen molar-refractivity contribution in [1.82, 2.24) is 4.90 Å². The number of aliphatic hydroxyl groups is 1. The highest BCUT2D eigenvalue weighted by molar-refractivity contribution is 7.14. The molecule has 1 aromatic rings. The molecular weight excluding hydrogens is 288 g/mol. The highest BCUT2D eigenvalue weighted by atomic mass is 32.1. The second kappa shape index (κ2) is 8.48. The van der Waals surface area contributed by atoms with Gasteiger partial charge >= 0.3 is 0 Å². The van der Waals surface area contributed by atoms with Gasteiger partial charge in [0.2, 0.25) is 5.91 Å². The summed E-state index contributed by atoms with van der Waals surface area (Å²) in [6.07, 6.45) is 1.59. The van der Waals surface area contributed by atoms with Crippen molar-refractivity contribution in [1.29, 1.82) is 0 Å². The van der Waals surface area contributed by atoms with E-state index in [4.69, 9.17) is 4.74 Å². The fourth-order valence-electron chi connectivity index (χ4n) is 2.35. The van der Waals surface area contributed by atoms with Gasteiger partial charge in [-0.15, -0.1) is 11.3 Å². The molecule has 0 spiro atoms. The molecule has 5 nitrogen and oxygen atoms in total. The lowest BCUT2D eigenvalue weighted by Gasteiger charge is -2.34. The van der Waals surface area contributed by atoms with Crippen molar-refractivity contribution in [2.45, 2.75) is 25.9 Å². The number of piperazine rings is 1. The molecule has 1 saturated heterocycles. The SMILES string of the molecule is CCCCOCC(O)CN1CCN(c2cccs2)C(=O)C1. The molecule has 1 aromatic heterocycles. The van der Waals surface area contributed by atoms with Gasteiger partial charge in [-0.05, 0) is 23.9 Å². The fraction of sp³-hybridized carbons (Fsp3) is 0.667. The van der Waals surface area contributed by atoms with Crippen LogP contribution in [0.15, 0.2) is 17.5 Å². The van der Waals surface area contributed by atoms with E-state index in [1.807, 2.05) is 27.3 Å². The Balaban J connectivity index is 1.71. The van der Waals surface area contributed by atoms with E-state index < -0.39 is 6.10 Å². The van der Waals surface area contributed by atoms with Crippen molar-refractivity contribution in [2.75, 3.05) is 44.3 Å². The zero-order valence-electron chi connectivity index (χ0n) is 12.5. The maximum atomic E-state index is 12.2. The highest BCUT2D eigenvalue weighted by Gasteiger charge is 2.26. The number of carbonyl (C=O) groups is 1. The van der Waals surface area contributed by atoms with Gasteiger partial charge < -0.3 is 14.7 Å². The van der Waals surface area contributed by atoms with E-state index in [1.165, 1.54) is 0 Å². The Kier molecular flexibility index (Phi) is 6.63. The average Bonchev–Trinajstić information content (AvgIpc) is 2.98. The van der Waals surface area contributed by atoms with Crippen molar-refractivity contribution >= 4 is 22.2 Å². The number of hydrogen-bond donors (Lipinski definition) is 1. The molecule has 1 unspecified atom stereocenters. The van der Waals surface area contributed by atoms with Gasteiger partial charge in [0, 0.05) is 26.2 Å². The van der Waals surface area contributed by atoms with E-state index in [2.05, 4.69) is 6.92 Å². The summed E-state index contributed by atoms with van der Waals surface area (Å²) < 4.78 is 5.41. The quantitative estimate of drug-likeness (QED) is 0.741. The van der Waals surface area contributed by atoms with Crippen LogP contribution in [0.2, 0.25) is 0 Å². The first-order chi connectivity index (χ1) is 10.2. The molecule has 0 saturated carbocycles. The molecule has 0 bridgehead atoms. The maximum Gasteiger partial charge on any atom is 0.241 e. The molecule has 1 fully saturated rings. The van der Waals surface area contributed by atoms with E-state index >= 15 is 0 Å². The standard InChI is InChI=1S/C15H24N2O3S/c1-2-3-8-20-12-13(18)10-16-6-7-17(14(19)11-16)15-5-4-9-21-15/h4-5,9,13,18H,2-3,6-8,10-12H2,1H3. The molecule has 2 heterocycles. The molecule has 1 aliphatic rings. The highest BCUT2D eigenvalue weighted by Crippen LogP contribution is 2.23. The Morgan fingerprint density at radius 2 is 2.33 bits per heavy atom. The second-order valence-corrected chi connectivity index (χ2v) is 6.24. The number of nitrogens with zero attached hydrogens (tertiary/aromatic N) is 2. The van der Waals surface area contributed by atoms with Crippen LogP contribution in [0.5, 0.6) is 0 Å². The van der Waals surface area contributed by atoms with Crippen LogP contribution < -0.4 is 4.90 Å². The van der Waals surface area contributed by atoms with Crippen molar-refractivity contribution in [2.24, 2.45) is 0 Å². The van der Waals surface area contributed by atoms with Gasteiger partial charge in [0.25, 0.3) is 0 Å². The van der Waals surface area contributed by atoms with Crippen LogP contribution in [0.3, 0.4) is 0 Å². The number of unbranched alkanes of at least 4 members (excludes halogenated alkanes) is 1. The summed E-state index contributed by atoms with van der Waals surface area (Å²) in [4.78, 5) is 16.0. The molecule has 1 N–H and O–H groups in total. The number of amides is 1. The number of aliphatic hydroxyl groups excluding tert-OH is 1. The van der Waals surface area contributed by atoms with E-state index in [-0.39, 0.29) is 5.91 Å². The average molecular weight is 312 g/mol. The molecule has 21 heavy (non-hydrogen) atoms. The van der Waals surface area contributed by atoms with Crippen LogP contribution in [-0.4, -0.2) is 61.4 Å². The lowest BCUT2D eigenvalue weighted by atomic mass is 10.2. The van der Waals surface area contributed by atoms with Gasteiger partial charge in [-0.25, -0.2) is 0 Å². The molecule has 0 aromatic carbocycles. The van der Waals surface area contributed by atoms with Crippen LogP contribution >= 0.6 is 11.3 Å². The molecule has 118 valence electrons. The van der Waals surface area contributed by atoms with Gasteiger partial charge in [-0.3, -0.25) is 9.69 Å². The zero-order chi connectivity index (χ0) is 15.1. The monoisotopic (exact) mass is 312 g/mol. The molecule has 0 aliphatic carbocycles. The first kappa shape index (κ1) is 16.4. The summed E-state index contributed by atoms with van der Waals surface area (Å²) in [7, 11) is 0. The number of anilines is 1. The van der Waals surface area contributed by atoms with Crippen LogP contribution in [0.4, 0.5) is 5.00 Å². The van der Waals surface area contributed by atoms with Crippen LogP contribution in [0.1, 0.15) is 19.8 Å². The Hall–Kier alpha value is -0.950. The normalized spacial score (nSPS) is 18.2. The molecule has 0 radical (unpaired) electrons. The van der Waals surface area contributed by atoms with Crippen LogP contribution in [0.25, 0.3) is 0 Å². The minimum Gasteiger partial charge on any atom is -0.389 e. The lowest BCUT2D eigenvalue weighted by molar-refractivity contribution is -0.121. The number of ether oxygens (including phenoxy) is 1. The second-order valence-electron chi connectivity index (χ2n) is 5.31. The minimum absolute atomic E-state index is 0.0998. The van der Waals surface area contributed by atoms with Gasteiger partial charge in [-0.1, -0.05) is 13.3 Å². The van der Waals surface area contributed by atoms with Crippen molar-refractivity contribution in [3.8, 4) is 0 Å². The Bertz CT molecular complexity index is 425. The Morgan fingerprint density at radius 3 is 3.00 bits per heavy atom. The predicted molar refractivity (Wildman–Crippen MR) is 84.8 cm³/mol. The van der Waals surface area contributed by atoms with Crippen molar-refractivity contribution < 1.29 is 14.6 Å². The van der Waals surface area contributed by atoms with E-state index in [0.29, 0.717) is 32.8 Å². The smallest absolute Gasteiger partial charge is 0.241 e. The summed E-state index contributed by atoms with van der Waals surface area (Å²) >= 11 is 1.58. The number of carbonyl (C=O) groups excluding carboxylic acids is 1. The van der Waals surface area contributed by atoms with E-state index in [1.54, 1.807) is 11.3 Å². The Morgan fingerprint density at radius 1 is 1.48 bits per heavy atom. The molecular formula is C15H24N2O3S. The number of rotatable bonds is 8. The maximum absolute atomic E-state index is 12.2. The van der Waals surface area contributed by atoms with Gasteiger partial charge in [0.1, 0.15) is 0 Å². The third-order valence-electron chi connectivity index (χ3n) is 3.49. The summed E-state index contributed by atoms with van der Waals surface area (Å²) in [6.45, 7) is 5.48. The molecule has 2 rings (SSSR count). The third-order valence-corrected chi connectivity index (χ3v) is 4.38. The largest absolute Gasteiger partial charge is 0.389 e. The first-order valence-electron chi connectivity index (χ1n) is 7.52. The van der Waals surface area contributed by atoms with E-state index in [9.17, 15) is 9.90 Å². The topological polar surface area (TPSA) is 53.0 Å². The van der Waals surface area contributed by atoms with Gasteiger partial charge in [-0.2, -0.15) is 0 Å². The van der Waals surface area contributed by atoms with Crippen molar-refractivity contribution in [3.05, 3.63) is 17.5 Å². The van der Waals surface area contributed by atoms with Gasteiger partial charge in [0.05, 0.1) is 24.3 Å². The zero-order valence-corrected chi connectivity index (χ0v) is 13.3. The van der Waals surface area contributed by atoms with Crippen LogP contribution in [0, 0.1) is 0 Å². The molecule has 1 aliphatic heterocycles. The first-order valence-corrected chi connectivity index (χ1v) is 8.40. The van der Waals surface area contributed by atoms with Gasteiger partial charge in [0.15, 0.2) is 0 Å². The van der Waals surface area contributed by atoms with Crippen molar-refractivity contribution in [3.63, 3.8) is 0 Å². The third kappa shape index (κ3) is 5.07. The fourth-order valence-corrected chi connectivity index (χ4v) is 3.12. The number of thiophene rings is 1. The van der Waals surface area contributed by atoms with E-state index in [0.717, 1.165) is 24.4 Å². The van der Waals surface area contributed by atoms with Crippen LogP contribution in [-0.2, 0) is 9.53 Å². The number of β-amino-alcohol motifs (C(OH)–C–C–N with tert-alkyl or cyclic N) is 1. The lowest BCUT2D eigenvalue weighted by Crippen LogP contribution is -2.52. The summed E-state index contributed by atoms with van der Waals surface area (Å²) in [5.41, 5.74) is 0.